The molecule has 2 atom stereocenters. The summed E-state index contributed by atoms with van der Waals surface area (Å²) in [5.41, 5.74) is 0. The fourth-order valence-corrected chi connectivity index (χ4v) is 1.96. The van der Waals surface area contributed by atoms with Crippen LogP contribution in [-0.4, -0.2) is 64.1 Å². The number of nitrogens with zero attached hydrogens (tertiary/aromatic N) is 1. The Morgan fingerprint density at radius 3 is 3.07 bits per heavy atom. The van der Waals surface area contributed by atoms with Crippen molar-refractivity contribution in [1.29, 1.82) is 0 Å². The highest BCUT2D eigenvalue weighted by atomic mass is 16.5. The zero-order valence-electron chi connectivity index (χ0n) is 10.2. The van der Waals surface area contributed by atoms with Gasteiger partial charge in [0.1, 0.15) is 0 Å². The highest BCUT2D eigenvalue weighted by Gasteiger charge is 2.23. The molecule has 4 heteroatoms. The zero-order chi connectivity index (χ0) is 11.1. The summed E-state index contributed by atoms with van der Waals surface area (Å²) in [6.45, 7) is 6.98. The minimum absolute atomic E-state index is 0.341. The standard InChI is InChI=1S/C11H24N2O2/c1-10(4-6-14-3)13-5-7-15-11(9-13)8-12-2/h10-12H,4-9H2,1-3H3. The summed E-state index contributed by atoms with van der Waals surface area (Å²) >= 11 is 0. The molecule has 1 N–H and O–H groups in total. The molecular weight excluding hydrogens is 192 g/mol. The van der Waals surface area contributed by atoms with Crippen molar-refractivity contribution < 1.29 is 9.47 Å². The molecule has 15 heavy (non-hydrogen) atoms. The van der Waals surface area contributed by atoms with E-state index in [1.165, 1.54) is 0 Å². The van der Waals surface area contributed by atoms with E-state index in [0.717, 1.165) is 39.3 Å². The van der Waals surface area contributed by atoms with Crippen LogP contribution in [0.4, 0.5) is 0 Å². The predicted octanol–water partition coefficient (Wildman–Crippen LogP) is 0.332. The van der Waals surface area contributed by atoms with Crippen molar-refractivity contribution in [3.63, 3.8) is 0 Å². The van der Waals surface area contributed by atoms with Crippen molar-refractivity contribution in [2.75, 3.05) is 47.0 Å². The first-order valence-corrected chi connectivity index (χ1v) is 5.77. The molecule has 1 aliphatic heterocycles. The molecule has 1 aliphatic rings. The van der Waals surface area contributed by atoms with Gasteiger partial charge in [-0.2, -0.15) is 0 Å². The number of ether oxygens (including phenoxy) is 2. The summed E-state index contributed by atoms with van der Waals surface area (Å²) in [4.78, 5) is 2.49. The predicted molar refractivity (Wildman–Crippen MR) is 61.2 cm³/mol. The van der Waals surface area contributed by atoms with E-state index in [1.54, 1.807) is 7.11 Å². The lowest BCUT2D eigenvalue weighted by atomic mass is 10.1. The topological polar surface area (TPSA) is 33.7 Å². The van der Waals surface area contributed by atoms with Gasteiger partial charge < -0.3 is 14.8 Å². The lowest BCUT2D eigenvalue weighted by Crippen LogP contribution is -2.49. The van der Waals surface area contributed by atoms with Crippen molar-refractivity contribution >= 4 is 0 Å². The average Bonchev–Trinajstić information content (AvgIpc) is 2.27. The second-order valence-corrected chi connectivity index (χ2v) is 4.18. The fraction of sp³-hybridized carbons (Fsp3) is 1.00. The van der Waals surface area contributed by atoms with E-state index in [4.69, 9.17) is 9.47 Å². The van der Waals surface area contributed by atoms with Gasteiger partial charge in [0.15, 0.2) is 0 Å². The van der Waals surface area contributed by atoms with Crippen molar-refractivity contribution in [2.45, 2.75) is 25.5 Å². The molecule has 4 nitrogen and oxygen atoms in total. The molecule has 0 aromatic rings. The minimum Gasteiger partial charge on any atom is -0.385 e. The largest absolute Gasteiger partial charge is 0.385 e. The Morgan fingerprint density at radius 2 is 2.40 bits per heavy atom. The number of nitrogens with one attached hydrogen (secondary N) is 1. The molecule has 0 aromatic heterocycles. The molecule has 0 amide bonds. The van der Waals surface area contributed by atoms with E-state index in [1.807, 2.05) is 7.05 Å². The molecule has 1 heterocycles. The summed E-state index contributed by atoms with van der Waals surface area (Å²) in [7, 11) is 3.73. The summed E-state index contributed by atoms with van der Waals surface area (Å²) in [6.07, 6.45) is 1.44. The van der Waals surface area contributed by atoms with Crippen molar-refractivity contribution in [1.82, 2.24) is 10.2 Å². The third-order valence-corrected chi connectivity index (χ3v) is 2.97. The van der Waals surface area contributed by atoms with Crippen LogP contribution in [0.2, 0.25) is 0 Å². The van der Waals surface area contributed by atoms with Gasteiger partial charge in [0.25, 0.3) is 0 Å². The van der Waals surface area contributed by atoms with E-state index in [9.17, 15) is 0 Å². The van der Waals surface area contributed by atoms with Crippen LogP contribution < -0.4 is 5.32 Å². The lowest BCUT2D eigenvalue weighted by Gasteiger charge is -2.36. The molecule has 0 aromatic carbocycles. The molecule has 0 spiro atoms. The van der Waals surface area contributed by atoms with E-state index < -0.39 is 0 Å². The monoisotopic (exact) mass is 216 g/mol. The first kappa shape index (κ1) is 12.9. The molecule has 1 fully saturated rings. The van der Waals surface area contributed by atoms with Gasteiger partial charge in [0, 0.05) is 39.4 Å². The number of hydrogen-bond donors (Lipinski definition) is 1. The van der Waals surface area contributed by atoms with Crippen molar-refractivity contribution in [3.05, 3.63) is 0 Å². The molecule has 0 radical (unpaired) electrons. The van der Waals surface area contributed by atoms with Gasteiger partial charge in [-0.3, -0.25) is 4.90 Å². The highest BCUT2D eigenvalue weighted by Crippen LogP contribution is 2.10. The first-order valence-electron chi connectivity index (χ1n) is 5.77. The fourth-order valence-electron chi connectivity index (χ4n) is 1.96. The molecule has 1 rings (SSSR count). The quantitative estimate of drug-likeness (QED) is 0.694. The van der Waals surface area contributed by atoms with Gasteiger partial charge in [-0.15, -0.1) is 0 Å². The second-order valence-electron chi connectivity index (χ2n) is 4.18. The third kappa shape index (κ3) is 4.47. The number of likely N-dealkylation sites (N-methyl/N-ethyl adjacent to an activating group) is 1. The van der Waals surface area contributed by atoms with Crippen LogP contribution in [0.1, 0.15) is 13.3 Å². The Bertz CT molecular complexity index is 165. The normalized spacial score (nSPS) is 25.4. The van der Waals surface area contributed by atoms with Crippen molar-refractivity contribution in [2.24, 2.45) is 0 Å². The molecule has 0 bridgehead atoms. The summed E-state index contributed by atoms with van der Waals surface area (Å²) in [6, 6.07) is 0.591. The van der Waals surface area contributed by atoms with Gasteiger partial charge in [-0.1, -0.05) is 0 Å². The summed E-state index contributed by atoms with van der Waals surface area (Å²) < 4.78 is 10.8. The van der Waals surface area contributed by atoms with Crippen LogP contribution in [-0.2, 0) is 9.47 Å². The van der Waals surface area contributed by atoms with Crippen LogP contribution >= 0.6 is 0 Å². The molecule has 1 saturated heterocycles. The van der Waals surface area contributed by atoms with Crippen molar-refractivity contribution in [3.8, 4) is 0 Å². The van der Waals surface area contributed by atoms with Gasteiger partial charge in [0.2, 0.25) is 0 Å². The van der Waals surface area contributed by atoms with Crippen LogP contribution in [0.15, 0.2) is 0 Å². The zero-order valence-corrected chi connectivity index (χ0v) is 10.2. The van der Waals surface area contributed by atoms with Crippen LogP contribution in [0, 0.1) is 0 Å². The number of morpholine rings is 1. The molecule has 0 saturated carbocycles. The first-order chi connectivity index (χ1) is 7.27. The van der Waals surface area contributed by atoms with E-state index >= 15 is 0 Å². The Labute approximate surface area is 92.9 Å². The van der Waals surface area contributed by atoms with Gasteiger partial charge >= 0.3 is 0 Å². The Kier molecular flexibility index (Phi) is 6.17. The van der Waals surface area contributed by atoms with Gasteiger partial charge in [-0.05, 0) is 20.4 Å². The van der Waals surface area contributed by atoms with Crippen LogP contribution in [0.25, 0.3) is 0 Å². The second kappa shape index (κ2) is 7.17. The maximum atomic E-state index is 5.67. The molecule has 2 unspecified atom stereocenters. The number of rotatable bonds is 6. The lowest BCUT2D eigenvalue weighted by molar-refractivity contribution is -0.0420. The van der Waals surface area contributed by atoms with Crippen LogP contribution in [0.5, 0.6) is 0 Å². The number of hydrogen-bond acceptors (Lipinski definition) is 4. The average molecular weight is 216 g/mol. The maximum Gasteiger partial charge on any atom is 0.0826 e. The van der Waals surface area contributed by atoms with E-state index in [-0.39, 0.29) is 0 Å². The Hall–Kier alpha value is -0.160. The van der Waals surface area contributed by atoms with Gasteiger partial charge in [0.05, 0.1) is 12.7 Å². The summed E-state index contributed by atoms with van der Waals surface area (Å²) in [5, 5.41) is 3.16. The summed E-state index contributed by atoms with van der Waals surface area (Å²) in [5.74, 6) is 0. The van der Waals surface area contributed by atoms with Crippen LogP contribution in [0.3, 0.4) is 0 Å². The Morgan fingerprint density at radius 1 is 1.60 bits per heavy atom. The molecular formula is C11H24N2O2. The van der Waals surface area contributed by atoms with Gasteiger partial charge in [-0.25, -0.2) is 0 Å². The number of methoxy groups -OCH3 is 1. The smallest absolute Gasteiger partial charge is 0.0826 e. The maximum absolute atomic E-state index is 5.67. The Balaban J connectivity index is 2.27. The molecule has 90 valence electrons. The van der Waals surface area contributed by atoms with E-state index in [2.05, 4.69) is 17.1 Å². The highest BCUT2D eigenvalue weighted by molar-refractivity contribution is 4.76. The molecule has 0 aliphatic carbocycles. The SMILES string of the molecule is CNCC1CN(C(C)CCOC)CCO1. The third-order valence-electron chi connectivity index (χ3n) is 2.97. The minimum atomic E-state index is 0.341. The van der Waals surface area contributed by atoms with E-state index in [0.29, 0.717) is 12.1 Å².